The van der Waals surface area contributed by atoms with E-state index in [4.69, 9.17) is 4.52 Å². The van der Waals surface area contributed by atoms with Gasteiger partial charge in [0.05, 0.1) is 6.04 Å². The molecule has 1 saturated heterocycles. The third-order valence-electron chi connectivity index (χ3n) is 3.85. The van der Waals surface area contributed by atoms with Gasteiger partial charge in [-0.3, -0.25) is 4.90 Å². The van der Waals surface area contributed by atoms with Gasteiger partial charge in [-0.25, -0.2) is 9.97 Å². The Balaban J connectivity index is 1.60. The number of anilines is 1. The van der Waals surface area contributed by atoms with Gasteiger partial charge in [0.25, 0.3) is 0 Å². The van der Waals surface area contributed by atoms with Gasteiger partial charge >= 0.3 is 0 Å². The third-order valence-corrected chi connectivity index (χ3v) is 3.85. The molecule has 0 aromatic carbocycles. The number of aryl methyl sites for hydroxylation is 1. The average Bonchev–Trinajstić information content (AvgIpc) is 3.04. The van der Waals surface area contributed by atoms with E-state index in [1.54, 1.807) is 12.4 Å². The molecule has 7 nitrogen and oxygen atoms in total. The summed E-state index contributed by atoms with van der Waals surface area (Å²) >= 11 is 0. The summed E-state index contributed by atoms with van der Waals surface area (Å²) in [7, 11) is 0. The Hall–Kier alpha value is -2.02. The van der Waals surface area contributed by atoms with Crippen molar-refractivity contribution in [2.24, 2.45) is 0 Å². The average molecular weight is 288 g/mol. The van der Waals surface area contributed by atoms with Gasteiger partial charge in [-0.2, -0.15) is 4.98 Å². The number of aromatic nitrogens is 4. The van der Waals surface area contributed by atoms with Gasteiger partial charge in [-0.1, -0.05) is 12.1 Å². The zero-order valence-corrected chi connectivity index (χ0v) is 12.4. The molecule has 3 rings (SSSR count). The van der Waals surface area contributed by atoms with E-state index in [9.17, 15) is 0 Å². The summed E-state index contributed by atoms with van der Waals surface area (Å²) in [4.78, 5) is 17.6. The predicted molar refractivity (Wildman–Crippen MR) is 77.9 cm³/mol. The molecule has 2 aromatic heterocycles. The molecule has 0 radical (unpaired) electrons. The van der Waals surface area contributed by atoms with Crippen molar-refractivity contribution in [2.45, 2.75) is 26.3 Å². The molecule has 0 bridgehead atoms. The van der Waals surface area contributed by atoms with Crippen molar-refractivity contribution in [3.8, 4) is 0 Å². The van der Waals surface area contributed by atoms with Gasteiger partial charge in [0, 0.05) is 45.0 Å². The fourth-order valence-electron chi connectivity index (χ4n) is 2.50. The fraction of sp³-hybridized carbons (Fsp3) is 0.571. The van der Waals surface area contributed by atoms with Crippen LogP contribution >= 0.6 is 0 Å². The van der Waals surface area contributed by atoms with Crippen molar-refractivity contribution >= 4 is 5.95 Å². The highest BCUT2D eigenvalue weighted by Gasteiger charge is 2.26. The Labute approximate surface area is 124 Å². The molecule has 7 heteroatoms. The van der Waals surface area contributed by atoms with Crippen molar-refractivity contribution < 1.29 is 4.52 Å². The molecule has 3 heterocycles. The molecule has 0 unspecified atom stereocenters. The van der Waals surface area contributed by atoms with Gasteiger partial charge in [0.1, 0.15) is 0 Å². The maximum Gasteiger partial charge on any atom is 0.243 e. The first kappa shape index (κ1) is 13.9. The molecule has 1 atom stereocenters. The van der Waals surface area contributed by atoms with Crippen LogP contribution in [0.3, 0.4) is 0 Å². The second-order valence-corrected chi connectivity index (χ2v) is 5.15. The predicted octanol–water partition coefficient (Wildman–Crippen LogP) is 1.31. The van der Waals surface area contributed by atoms with Crippen LogP contribution in [0.25, 0.3) is 0 Å². The lowest BCUT2D eigenvalue weighted by atomic mass is 10.2. The molecule has 1 fully saturated rings. The van der Waals surface area contributed by atoms with Crippen molar-refractivity contribution in [3.63, 3.8) is 0 Å². The van der Waals surface area contributed by atoms with Crippen LogP contribution in [0.1, 0.15) is 31.6 Å². The van der Waals surface area contributed by atoms with Crippen molar-refractivity contribution in [2.75, 3.05) is 31.1 Å². The van der Waals surface area contributed by atoms with E-state index in [2.05, 4.69) is 36.8 Å². The highest BCUT2D eigenvalue weighted by Crippen LogP contribution is 2.21. The van der Waals surface area contributed by atoms with Crippen LogP contribution in [-0.4, -0.2) is 51.2 Å². The zero-order valence-electron chi connectivity index (χ0n) is 12.4. The van der Waals surface area contributed by atoms with Gasteiger partial charge in [0.15, 0.2) is 5.82 Å². The SMILES string of the molecule is CCc1noc([C@@H](C)N2CCN(c3ncccn3)CC2)n1. The first-order valence-corrected chi connectivity index (χ1v) is 7.36. The number of rotatable bonds is 4. The normalized spacial score (nSPS) is 17.9. The lowest BCUT2D eigenvalue weighted by Crippen LogP contribution is -2.47. The molecule has 112 valence electrons. The summed E-state index contributed by atoms with van der Waals surface area (Å²) in [5.74, 6) is 2.28. The molecule has 0 saturated carbocycles. The lowest BCUT2D eigenvalue weighted by molar-refractivity contribution is 0.163. The third kappa shape index (κ3) is 3.02. The number of hydrogen-bond acceptors (Lipinski definition) is 7. The van der Waals surface area contributed by atoms with E-state index in [1.165, 1.54) is 0 Å². The van der Waals surface area contributed by atoms with Gasteiger partial charge in [-0.15, -0.1) is 0 Å². The molecular weight excluding hydrogens is 268 g/mol. The van der Waals surface area contributed by atoms with E-state index >= 15 is 0 Å². The summed E-state index contributed by atoms with van der Waals surface area (Å²) in [6.45, 7) is 7.82. The monoisotopic (exact) mass is 288 g/mol. The van der Waals surface area contributed by atoms with E-state index in [-0.39, 0.29) is 6.04 Å². The lowest BCUT2D eigenvalue weighted by Gasteiger charge is -2.36. The Morgan fingerprint density at radius 2 is 1.90 bits per heavy atom. The molecule has 0 aliphatic carbocycles. The minimum absolute atomic E-state index is 0.150. The highest BCUT2D eigenvalue weighted by molar-refractivity contribution is 5.29. The second kappa shape index (κ2) is 6.17. The molecule has 1 aliphatic rings. The minimum atomic E-state index is 0.150. The van der Waals surface area contributed by atoms with Gasteiger partial charge < -0.3 is 9.42 Å². The molecule has 2 aromatic rings. The standard InChI is InChI=1S/C14H20N6O/c1-3-12-17-13(21-18-12)11(2)19-7-9-20(10-8-19)14-15-5-4-6-16-14/h4-6,11H,3,7-10H2,1-2H3/t11-/m1/s1. The Kier molecular flexibility index (Phi) is 4.10. The highest BCUT2D eigenvalue weighted by atomic mass is 16.5. The zero-order chi connectivity index (χ0) is 14.7. The van der Waals surface area contributed by atoms with Crippen molar-refractivity contribution in [1.82, 2.24) is 25.0 Å². The number of hydrogen-bond donors (Lipinski definition) is 0. The molecular formula is C14H20N6O. The van der Waals surface area contributed by atoms with E-state index in [0.29, 0.717) is 5.89 Å². The van der Waals surface area contributed by atoms with Crippen LogP contribution in [0, 0.1) is 0 Å². The number of nitrogens with zero attached hydrogens (tertiary/aromatic N) is 6. The van der Waals surface area contributed by atoms with Crippen molar-refractivity contribution in [1.29, 1.82) is 0 Å². The molecule has 1 aliphatic heterocycles. The summed E-state index contributed by atoms with van der Waals surface area (Å²) in [6, 6.07) is 1.99. The van der Waals surface area contributed by atoms with Crippen molar-refractivity contribution in [3.05, 3.63) is 30.2 Å². The summed E-state index contributed by atoms with van der Waals surface area (Å²) < 4.78 is 5.34. The van der Waals surface area contributed by atoms with Crippen LogP contribution in [0.5, 0.6) is 0 Å². The van der Waals surface area contributed by atoms with Gasteiger partial charge in [0.2, 0.25) is 11.8 Å². The second-order valence-electron chi connectivity index (χ2n) is 5.15. The van der Waals surface area contributed by atoms with E-state index < -0.39 is 0 Å². The molecule has 0 N–H and O–H groups in total. The summed E-state index contributed by atoms with van der Waals surface area (Å²) in [5, 5.41) is 3.97. The van der Waals surface area contributed by atoms with E-state index in [1.807, 2.05) is 13.0 Å². The first-order valence-electron chi connectivity index (χ1n) is 7.36. The van der Waals surface area contributed by atoms with Crippen LogP contribution in [-0.2, 0) is 6.42 Å². The van der Waals surface area contributed by atoms with Gasteiger partial charge in [-0.05, 0) is 13.0 Å². The summed E-state index contributed by atoms with van der Waals surface area (Å²) in [5.41, 5.74) is 0. The minimum Gasteiger partial charge on any atom is -0.338 e. The topological polar surface area (TPSA) is 71.2 Å². The first-order chi connectivity index (χ1) is 10.3. The maximum absolute atomic E-state index is 5.34. The Bertz CT molecular complexity index is 564. The fourth-order valence-corrected chi connectivity index (χ4v) is 2.50. The quantitative estimate of drug-likeness (QED) is 0.839. The largest absolute Gasteiger partial charge is 0.338 e. The van der Waals surface area contributed by atoms with Crippen LogP contribution in [0.2, 0.25) is 0 Å². The smallest absolute Gasteiger partial charge is 0.243 e. The molecule has 21 heavy (non-hydrogen) atoms. The van der Waals surface area contributed by atoms with Crippen LogP contribution in [0.4, 0.5) is 5.95 Å². The molecule has 0 amide bonds. The number of piperazine rings is 1. The summed E-state index contributed by atoms with van der Waals surface area (Å²) in [6.07, 6.45) is 4.36. The maximum atomic E-state index is 5.34. The molecule has 0 spiro atoms. The van der Waals surface area contributed by atoms with E-state index in [0.717, 1.165) is 44.4 Å². The Morgan fingerprint density at radius 3 is 2.52 bits per heavy atom. The van der Waals surface area contributed by atoms with Crippen LogP contribution in [0.15, 0.2) is 23.0 Å². The van der Waals surface area contributed by atoms with Crippen LogP contribution < -0.4 is 4.90 Å². The Morgan fingerprint density at radius 1 is 1.19 bits per heavy atom.